The Morgan fingerprint density at radius 2 is 2.05 bits per heavy atom. The van der Waals surface area contributed by atoms with E-state index in [0.717, 1.165) is 0 Å². The highest BCUT2D eigenvalue weighted by molar-refractivity contribution is 5.97. The summed E-state index contributed by atoms with van der Waals surface area (Å²) in [4.78, 5) is 39.1. The summed E-state index contributed by atoms with van der Waals surface area (Å²) in [7, 11) is 0. The third-order valence-electron chi connectivity index (χ3n) is 2.66. The number of anilines is 1. The van der Waals surface area contributed by atoms with Gasteiger partial charge in [-0.25, -0.2) is 5.48 Å². The quantitative estimate of drug-likeness (QED) is 0.502. The summed E-state index contributed by atoms with van der Waals surface area (Å²) in [6.07, 6.45) is 0. The van der Waals surface area contributed by atoms with Crippen molar-refractivity contribution in [2.24, 2.45) is 0 Å². The number of carbonyl (C=O) groups excluding carboxylic acids is 3. The fourth-order valence-corrected chi connectivity index (χ4v) is 1.59. The third kappa shape index (κ3) is 3.45. The largest absolute Gasteiger partial charge is 0.399 e. The molecule has 0 spiro atoms. The normalized spacial score (nSPS) is 17.4. The molecule has 1 aliphatic heterocycles. The molecule has 106 valence electrons. The van der Waals surface area contributed by atoms with E-state index in [1.807, 2.05) is 0 Å². The number of nitrogens with one attached hydrogen (secondary N) is 3. The molecule has 0 aliphatic carbocycles. The Balaban J connectivity index is 1.79. The van der Waals surface area contributed by atoms with Gasteiger partial charge in [-0.3, -0.25) is 19.2 Å². The Morgan fingerprint density at radius 3 is 2.65 bits per heavy atom. The van der Waals surface area contributed by atoms with Gasteiger partial charge in [0, 0.05) is 11.3 Å². The number of hydrogen-bond donors (Lipinski definition) is 4. The van der Waals surface area contributed by atoms with Crippen molar-refractivity contribution in [1.82, 2.24) is 16.1 Å². The van der Waals surface area contributed by atoms with E-state index in [2.05, 4.69) is 21.0 Å². The van der Waals surface area contributed by atoms with Crippen LogP contribution in [0.4, 0.5) is 5.69 Å². The molecule has 0 aromatic heterocycles. The van der Waals surface area contributed by atoms with Gasteiger partial charge in [0.15, 0.2) is 0 Å². The van der Waals surface area contributed by atoms with Crippen LogP contribution in [0, 0.1) is 0 Å². The van der Waals surface area contributed by atoms with Crippen LogP contribution in [0.1, 0.15) is 10.4 Å². The lowest BCUT2D eigenvalue weighted by atomic mass is 10.2. The molecule has 20 heavy (non-hydrogen) atoms. The average Bonchev–Trinajstić information content (AvgIpc) is 2.82. The predicted molar refractivity (Wildman–Crippen MR) is 69.2 cm³/mol. The molecule has 1 aromatic carbocycles. The van der Waals surface area contributed by atoms with Gasteiger partial charge < -0.3 is 16.4 Å². The predicted octanol–water partition coefficient (Wildman–Crippen LogP) is -1.46. The van der Waals surface area contributed by atoms with Crippen LogP contribution in [0.15, 0.2) is 24.3 Å². The zero-order valence-corrected chi connectivity index (χ0v) is 10.5. The molecular weight excluding hydrogens is 264 g/mol. The van der Waals surface area contributed by atoms with Crippen LogP contribution < -0.4 is 21.8 Å². The first-order valence-corrected chi connectivity index (χ1v) is 5.91. The summed E-state index contributed by atoms with van der Waals surface area (Å²) in [6, 6.07) is 5.57. The molecule has 1 aromatic rings. The molecule has 5 N–H and O–H groups in total. The number of benzene rings is 1. The van der Waals surface area contributed by atoms with Crippen molar-refractivity contribution in [2.45, 2.75) is 6.04 Å². The van der Waals surface area contributed by atoms with Gasteiger partial charge in [-0.15, -0.1) is 0 Å². The fraction of sp³-hybridized carbons (Fsp3) is 0.250. The zero-order chi connectivity index (χ0) is 14.5. The van der Waals surface area contributed by atoms with Crippen molar-refractivity contribution in [2.75, 3.05) is 18.9 Å². The van der Waals surface area contributed by atoms with Gasteiger partial charge >= 0.3 is 0 Å². The lowest BCUT2D eigenvalue weighted by molar-refractivity contribution is -0.128. The first-order valence-electron chi connectivity index (χ1n) is 5.91. The Labute approximate surface area is 114 Å². The minimum Gasteiger partial charge on any atom is -0.399 e. The van der Waals surface area contributed by atoms with Crippen molar-refractivity contribution in [3.05, 3.63) is 29.8 Å². The Kier molecular flexibility index (Phi) is 4.16. The maximum Gasteiger partial charge on any atom is 0.268 e. The number of rotatable bonds is 4. The van der Waals surface area contributed by atoms with Crippen molar-refractivity contribution in [3.63, 3.8) is 0 Å². The summed E-state index contributed by atoms with van der Waals surface area (Å²) in [5.41, 5.74) is 8.57. The first-order chi connectivity index (χ1) is 9.56. The number of nitrogens with two attached hydrogens (primary N) is 1. The molecule has 8 heteroatoms. The average molecular weight is 278 g/mol. The zero-order valence-electron chi connectivity index (χ0n) is 10.5. The van der Waals surface area contributed by atoms with Crippen molar-refractivity contribution in [1.29, 1.82) is 0 Å². The van der Waals surface area contributed by atoms with Crippen LogP contribution in [0.25, 0.3) is 0 Å². The molecule has 0 unspecified atom stereocenters. The summed E-state index contributed by atoms with van der Waals surface area (Å²) < 4.78 is 0. The molecule has 1 saturated heterocycles. The van der Waals surface area contributed by atoms with E-state index < -0.39 is 23.8 Å². The van der Waals surface area contributed by atoms with Crippen LogP contribution in [-0.2, 0) is 14.4 Å². The Morgan fingerprint density at radius 1 is 1.35 bits per heavy atom. The van der Waals surface area contributed by atoms with Crippen LogP contribution in [0.2, 0.25) is 0 Å². The van der Waals surface area contributed by atoms with Crippen LogP contribution in [0.3, 0.4) is 0 Å². The van der Waals surface area contributed by atoms with Gasteiger partial charge in [-0.1, -0.05) is 0 Å². The lowest BCUT2D eigenvalue weighted by Gasteiger charge is -2.09. The number of hydrogen-bond acceptors (Lipinski definition) is 5. The molecule has 8 nitrogen and oxygen atoms in total. The SMILES string of the molecule is Nc1ccc(C(=O)NCC(=O)N[C@@H]2CONC2=O)cc1. The first kappa shape index (κ1) is 13.8. The maximum atomic E-state index is 11.7. The number of carbonyl (C=O) groups is 3. The van der Waals surface area contributed by atoms with E-state index >= 15 is 0 Å². The topological polar surface area (TPSA) is 123 Å². The highest BCUT2D eigenvalue weighted by Crippen LogP contribution is 2.04. The van der Waals surface area contributed by atoms with Gasteiger partial charge in [0.2, 0.25) is 5.91 Å². The van der Waals surface area contributed by atoms with Gasteiger partial charge in [0.1, 0.15) is 12.6 Å². The van der Waals surface area contributed by atoms with Crippen molar-refractivity contribution < 1.29 is 19.2 Å². The van der Waals surface area contributed by atoms with E-state index in [9.17, 15) is 14.4 Å². The molecule has 2 rings (SSSR count). The molecule has 0 radical (unpaired) electrons. The summed E-state index contributed by atoms with van der Waals surface area (Å²) >= 11 is 0. The van der Waals surface area contributed by atoms with Crippen LogP contribution >= 0.6 is 0 Å². The fourth-order valence-electron chi connectivity index (χ4n) is 1.59. The minimum absolute atomic E-state index is 0.0660. The van der Waals surface area contributed by atoms with Gasteiger partial charge in [-0.05, 0) is 24.3 Å². The number of nitrogen functional groups attached to an aromatic ring is 1. The lowest BCUT2D eigenvalue weighted by Crippen LogP contribution is -2.46. The van der Waals surface area contributed by atoms with Crippen molar-refractivity contribution >= 4 is 23.4 Å². The van der Waals surface area contributed by atoms with Crippen LogP contribution in [0.5, 0.6) is 0 Å². The Hall–Kier alpha value is -2.61. The highest BCUT2D eigenvalue weighted by Gasteiger charge is 2.26. The molecule has 0 saturated carbocycles. The smallest absolute Gasteiger partial charge is 0.268 e. The molecule has 1 atom stereocenters. The van der Waals surface area contributed by atoms with E-state index in [-0.39, 0.29) is 13.2 Å². The van der Waals surface area contributed by atoms with Gasteiger partial charge in [0.25, 0.3) is 11.8 Å². The summed E-state index contributed by atoms with van der Waals surface area (Å²) in [6.45, 7) is -0.163. The number of hydroxylamine groups is 1. The molecule has 1 heterocycles. The third-order valence-corrected chi connectivity index (χ3v) is 2.66. The summed E-state index contributed by atoms with van der Waals surface area (Å²) in [5.74, 6) is -1.28. The van der Waals surface area contributed by atoms with E-state index in [0.29, 0.717) is 11.3 Å². The van der Waals surface area contributed by atoms with Crippen LogP contribution in [-0.4, -0.2) is 36.9 Å². The van der Waals surface area contributed by atoms with Gasteiger partial charge in [-0.2, -0.15) is 0 Å². The van der Waals surface area contributed by atoms with E-state index in [1.54, 1.807) is 24.3 Å². The second-order valence-corrected chi connectivity index (χ2v) is 4.20. The molecule has 1 fully saturated rings. The Bertz CT molecular complexity index is 529. The standard InChI is InChI=1S/C12H14N4O4/c13-8-3-1-7(2-4-8)11(18)14-5-10(17)15-9-6-20-16-12(9)19/h1-4,9H,5-6,13H2,(H,14,18)(H,15,17)(H,16,19)/t9-/m1/s1. The molecule has 0 bridgehead atoms. The number of amides is 3. The van der Waals surface area contributed by atoms with Crippen molar-refractivity contribution in [3.8, 4) is 0 Å². The minimum atomic E-state index is -0.726. The summed E-state index contributed by atoms with van der Waals surface area (Å²) in [5, 5.41) is 4.88. The molecule has 3 amide bonds. The second-order valence-electron chi connectivity index (χ2n) is 4.20. The molecule has 1 aliphatic rings. The van der Waals surface area contributed by atoms with E-state index in [4.69, 9.17) is 5.73 Å². The highest BCUT2D eigenvalue weighted by atomic mass is 16.7. The maximum absolute atomic E-state index is 11.7. The van der Waals surface area contributed by atoms with Gasteiger partial charge in [0.05, 0.1) is 6.54 Å². The van der Waals surface area contributed by atoms with E-state index in [1.165, 1.54) is 0 Å². The second kappa shape index (κ2) is 6.02. The molecular formula is C12H14N4O4. The monoisotopic (exact) mass is 278 g/mol.